The van der Waals surface area contributed by atoms with Crippen LogP contribution in [0.15, 0.2) is 0 Å². The maximum Gasteiger partial charge on any atom is 0.222 e. The number of carbonyl (C=O) groups is 1. The summed E-state index contributed by atoms with van der Waals surface area (Å²) in [6.07, 6.45) is 3.17. The van der Waals surface area contributed by atoms with Gasteiger partial charge in [0.05, 0.1) is 5.60 Å². The lowest BCUT2D eigenvalue weighted by Crippen LogP contribution is -2.47. The summed E-state index contributed by atoms with van der Waals surface area (Å²) in [6.45, 7) is 10.6. The monoisotopic (exact) mass is 256 g/mol. The largest absolute Gasteiger partial charge is 0.375 e. The summed E-state index contributed by atoms with van der Waals surface area (Å²) < 4.78 is 5.81. The van der Waals surface area contributed by atoms with Gasteiger partial charge < -0.3 is 15.4 Å². The average Bonchev–Trinajstić information content (AvgIpc) is 2.34. The van der Waals surface area contributed by atoms with E-state index in [1.807, 2.05) is 13.8 Å². The number of rotatable bonds is 6. The number of carbonyl (C=O) groups excluding carboxylic acids is 1. The number of amides is 1. The molecule has 0 aliphatic carbocycles. The van der Waals surface area contributed by atoms with Crippen molar-refractivity contribution in [2.24, 2.45) is 5.92 Å². The fraction of sp³-hybridized carbons (Fsp3) is 0.929. The Labute approximate surface area is 111 Å². The molecule has 4 heteroatoms. The van der Waals surface area contributed by atoms with E-state index in [4.69, 9.17) is 4.74 Å². The third kappa shape index (κ3) is 4.94. The molecule has 2 atom stereocenters. The lowest BCUT2D eigenvalue weighted by atomic mass is 9.90. The SMILES string of the molecule is CCC1(C)CC(NCCNC(=O)C(C)C)CCO1. The van der Waals surface area contributed by atoms with Gasteiger partial charge in [0.15, 0.2) is 0 Å². The molecule has 0 bridgehead atoms. The smallest absolute Gasteiger partial charge is 0.222 e. The van der Waals surface area contributed by atoms with Crippen molar-refractivity contribution in [1.82, 2.24) is 10.6 Å². The second kappa shape index (κ2) is 7.10. The highest BCUT2D eigenvalue weighted by Crippen LogP contribution is 2.27. The molecule has 2 N–H and O–H groups in total. The van der Waals surface area contributed by atoms with E-state index in [2.05, 4.69) is 24.5 Å². The van der Waals surface area contributed by atoms with Gasteiger partial charge in [-0.05, 0) is 26.2 Å². The first kappa shape index (κ1) is 15.4. The van der Waals surface area contributed by atoms with Crippen molar-refractivity contribution in [3.8, 4) is 0 Å². The molecule has 1 amide bonds. The zero-order chi connectivity index (χ0) is 13.6. The summed E-state index contributed by atoms with van der Waals surface area (Å²) in [7, 11) is 0. The number of ether oxygens (including phenoxy) is 1. The van der Waals surface area contributed by atoms with Gasteiger partial charge in [-0.15, -0.1) is 0 Å². The first-order valence-electron chi connectivity index (χ1n) is 7.12. The van der Waals surface area contributed by atoms with Crippen LogP contribution in [0.1, 0.15) is 47.0 Å². The summed E-state index contributed by atoms with van der Waals surface area (Å²) in [5.74, 6) is 0.193. The molecule has 106 valence electrons. The summed E-state index contributed by atoms with van der Waals surface area (Å²) in [4.78, 5) is 11.4. The highest BCUT2D eigenvalue weighted by atomic mass is 16.5. The summed E-state index contributed by atoms with van der Waals surface area (Å²) >= 11 is 0. The van der Waals surface area contributed by atoms with E-state index in [1.54, 1.807) is 0 Å². The predicted molar refractivity (Wildman–Crippen MR) is 73.5 cm³/mol. The maximum atomic E-state index is 11.4. The van der Waals surface area contributed by atoms with Gasteiger partial charge in [0.1, 0.15) is 0 Å². The molecule has 1 heterocycles. The van der Waals surface area contributed by atoms with Crippen molar-refractivity contribution in [1.29, 1.82) is 0 Å². The first-order chi connectivity index (χ1) is 8.47. The van der Waals surface area contributed by atoms with Crippen LogP contribution in [0.2, 0.25) is 0 Å². The number of nitrogens with one attached hydrogen (secondary N) is 2. The van der Waals surface area contributed by atoms with Crippen LogP contribution >= 0.6 is 0 Å². The maximum absolute atomic E-state index is 11.4. The van der Waals surface area contributed by atoms with E-state index >= 15 is 0 Å². The lowest BCUT2D eigenvalue weighted by molar-refractivity contribution is -0.124. The molecule has 1 aliphatic rings. The van der Waals surface area contributed by atoms with Gasteiger partial charge in [-0.2, -0.15) is 0 Å². The lowest BCUT2D eigenvalue weighted by Gasteiger charge is -2.38. The molecule has 4 nitrogen and oxygen atoms in total. The molecule has 0 aromatic heterocycles. The van der Waals surface area contributed by atoms with Gasteiger partial charge >= 0.3 is 0 Å². The summed E-state index contributed by atoms with van der Waals surface area (Å²) in [6, 6.07) is 0.514. The van der Waals surface area contributed by atoms with Crippen LogP contribution < -0.4 is 10.6 Å². The minimum Gasteiger partial charge on any atom is -0.375 e. The van der Waals surface area contributed by atoms with Crippen LogP contribution in [-0.4, -0.2) is 37.2 Å². The second-order valence-electron chi connectivity index (χ2n) is 5.74. The molecule has 0 aromatic carbocycles. The van der Waals surface area contributed by atoms with Crippen LogP contribution in [-0.2, 0) is 9.53 Å². The molecule has 1 saturated heterocycles. The molecular formula is C14H28N2O2. The fourth-order valence-corrected chi connectivity index (χ4v) is 2.22. The molecule has 0 saturated carbocycles. The van der Waals surface area contributed by atoms with E-state index in [9.17, 15) is 4.79 Å². The quantitative estimate of drug-likeness (QED) is 0.711. The van der Waals surface area contributed by atoms with Crippen molar-refractivity contribution in [3.63, 3.8) is 0 Å². The van der Waals surface area contributed by atoms with Crippen molar-refractivity contribution in [3.05, 3.63) is 0 Å². The predicted octanol–water partition coefficient (Wildman–Crippen LogP) is 1.70. The van der Waals surface area contributed by atoms with Crippen LogP contribution in [0.25, 0.3) is 0 Å². The summed E-state index contributed by atoms with van der Waals surface area (Å²) in [5, 5.41) is 6.43. The zero-order valence-electron chi connectivity index (χ0n) is 12.2. The Morgan fingerprint density at radius 3 is 2.78 bits per heavy atom. The minimum atomic E-state index is 0.0249. The van der Waals surface area contributed by atoms with Crippen molar-refractivity contribution in [2.45, 2.75) is 58.6 Å². The zero-order valence-corrected chi connectivity index (χ0v) is 12.2. The third-order valence-corrected chi connectivity index (χ3v) is 3.72. The van der Waals surface area contributed by atoms with Crippen molar-refractivity contribution >= 4 is 5.91 Å². The van der Waals surface area contributed by atoms with Gasteiger partial charge in [0.2, 0.25) is 5.91 Å². The van der Waals surface area contributed by atoms with Crippen LogP contribution in [0.3, 0.4) is 0 Å². The van der Waals surface area contributed by atoms with Crippen LogP contribution in [0, 0.1) is 5.92 Å². The summed E-state index contributed by atoms with van der Waals surface area (Å²) in [5.41, 5.74) is 0.0249. The molecule has 1 fully saturated rings. The molecule has 0 spiro atoms. The van der Waals surface area contributed by atoms with E-state index in [0.717, 1.165) is 32.4 Å². The van der Waals surface area contributed by atoms with E-state index in [-0.39, 0.29) is 17.4 Å². The Kier molecular flexibility index (Phi) is 6.09. The number of hydrogen-bond acceptors (Lipinski definition) is 3. The Bertz CT molecular complexity index is 269. The van der Waals surface area contributed by atoms with E-state index < -0.39 is 0 Å². The normalized spacial score (nSPS) is 28.4. The molecular weight excluding hydrogens is 228 g/mol. The Hall–Kier alpha value is -0.610. The van der Waals surface area contributed by atoms with E-state index in [1.165, 1.54) is 0 Å². The van der Waals surface area contributed by atoms with Gasteiger partial charge in [0, 0.05) is 31.7 Å². The Morgan fingerprint density at radius 1 is 1.44 bits per heavy atom. The first-order valence-corrected chi connectivity index (χ1v) is 7.12. The number of hydrogen-bond donors (Lipinski definition) is 2. The van der Waals surface area contributed by atoms with Crippen molar-refractivity contribution in [2.75, 3.05) is 19.7 Å². The minimum absolute atomic E-state index is 0.0249. The van der Waals surface area contributed by atoms with Gasteiger partial charge in [-0.3, -0.25) is 4.79 Å². The van der Waals surface area contributed by atoms with Gasteiger partial charge in [-0.25, -0.2) is 0 Å². The highest BCUT2D eigenvalue weighted by Gasteiger charge is 2.31. The Morgan fingerprint density at radius 2 is 2.17 bits per heavy atom. The van der Waals surface area contributed by atoms with E-state index in [0.29, 0.717) is 12.6 Å². The molecule has 0 radical (unpaired) electrons. The standard InChI is InChI=1S/C14H28N2O2/c1-5-14(4)10-12(6-9-18-14)15-7-8-16-13(17)11(2)3/h11-12,15H,5-10H2,1-4H3,(H,16,17). The molecule has 18 heavy (non-hydrogen) atoms. The second-order valence-corrected chi connectivity index (χ2v) is 5.74. The molecule has 2 unspecified atom stereocenters. The molecule has 0 aromatic rings. The van der Waals surface area contributed by atoms with Crippen molar-refractivity contribution < 1.29 is 9.53 Å². The van der Waals surface area contributed by atoms with Gasteiger partial charge in [0.25, 0.3) is 0 Å². The highest BCUT2D eigenvalue weighted by molar-refractivity contribution is 5.77. The molecule has 1 rings (SSSR count). The van der Waals surface area contributed by atoms with Gasteiger partial charge in [-0.1, -0.05) is 20.8 Å². The topological polar surface area (TPSA) is 50.4 Å². The fourth-order valence-electron chi connectivity index (χ4n) is 2.22. The third-order valence-electron chi connectivity index (χ3n) is 3.72. The Balaban J connectivity index is 2.18. The van der Waals surface area contributed by atoms with Crippen LogP contribution in [0.4, 0.5) is 0 Å². The molecule has 1 aliphatic heterocycles. The average molecular weight is 256 g/mol. The van der Waals surface area contributed by atoms with Crippen LogP contribution in [0.5, 0.6) is 0 Å².